The number of benzene rings is 3. The summed E-state index contributed by atoms with van der Waals surface area (Å²) < 4.78 is 17.1. The zero-order valence-corrected chi connectivity index (χ0v) is 22.6. The Hall–Kier alpha value is -4.09. The van der Waals surface area contributed by atoms with E-state index in [2.05, 4.69) is 47.2 Å². The Bertz CT molecular complexity index is 1370. The second-order valence-electron chi connectivity index (χ2n) is 8.16. The summed E-state index contributed by atoms with van der Waals surface area (Å²) in [5.41, 5.74) is 4.70. The molecule has 0 spiro atoms. The third kappa shape index (κ3) is 7.21. The number of nitriles is 1. The summed E-state index contributed by atoms with van der Waals surface area (Å²) in [6.07, 6.45) is 1.46. The van der Waals surface area contributed by atoms with Crippen molar-refractivity contribution >= 4 is 39.6 Å². The molecular formula is C29H27BrN2O5. The molecule has 8 heteroatoms. The smallest absolute Gasteiger partial charge is 0.338 e. The first-order valence-corrected chi connectivity index (χ1v) is 12.3. The van der Waals surface area contributed by atoms with E-state index in [1.807, 2.05) is 12.1 Å². The van der Waals surface area contributed by atoms with Crippen LogP contribution < -0.4 is 14.8 Å². The summed E-state index contributed by atoms with van der Waals surface area (Å²) in [6.45, 7) is 6.46. The van der Waals surface area contributed by atoms with E-state index in [9.17, 15) is 14.9 Å². The van der Waals surface area contributed by atoms with E-state index in [1.54, 1.807) is 43.3 Å². The Balaban J connectivity index is 1.76. The average molecular weight is 563 g/mol. The quantitative estimate of drug-likeness (QED) is 0.185. The lowest BCUT2D eigenvalue weighted by molar-refractivity contribution is -0.112. The van der Waals surface area contributed by atoms with Gasteiger partial charge in [-0.2, -0.15) is 5.26 Å². The number of hydrogen-bond donors (Lipinski definition) is 1. The number of rotatable bonds is 9. The zero-order chi connectivity index (χ0) is 26.9. The topological polar surface area (TPSA) is 97.7 Å². The van der Waals surface area contributed by atoms with Gasteiger partial charge in [0.05, 0.1) is 23.8 Å². The van der Waals surface area contributed by atoms with Crippen LogP contribution in [0.2, 0.25) is 0 Å². The van der Waals surface area contributed by atoms with Gasteiger partial charge in [0.15, 0.2) is 11.5 Å². The van der Waals surface area contributed by atoms with Gasteiger partial charge in [0, 0.05) is 5.69 Å². The molecule has 0 fully saturated rings. The molecule has 0 saturated carbocycles. The van der Waals surface area contributed by atoms with Crippen LogP contribution in [0.15, 0.2) is 64.6 Å². The number of nitrogens with zero attached hydrogens (tertiary/aromatic N) is 1. The van der Waals surface area contributed by atoms with E-state index in [4.69, 9.17) is 14.2 Å². The molecule has 3 aromatic rings. The van der Waals surface area contributed by atoms with Gasteiger partial charge >= 0.3 is 5.97 Å². The third-order valence-electron chi connectivity index (χ3n) is 5.54. The highest BCUT2D eigenvalue weighted by Gasteiger charge is 2.15. The van der Waals surface area contributed by atoms with Crippen LogP contribution in [-0.4, -0.2) is 25.6 Å². The minimum absolute atomic E-state index is 0.104. The van der Waals surface area contributed by atoms with Gasteiger partial charge in [0.2, 0.25) is 0 Å². The van der Waals surface area contributed by atoms with Crippen molar-refractivity contribution in [3.05, 3.63) is 92.5 Å². The summed E-state index contributed by atoms with van der Waals surface area (Å²) in [5.74, 6) is -0.0605. The molecule has 0 heterocycles. The highest BCUT2D eigenvalue weighted by Crippen LogP contribution is 2.38. The number of ether oxygens (including phenoxy) is 3. The lowest BCUT2D eigenvalue weighted by Gasteiger charge is -2.14. The summed E-state index contributed by atoms with van der Waals surface area (Å²) in [7, 11) is 1.52. The van der Waals surface area contributed by atoms with E-state index in [0.717, 1.165) is 5.56 Å². The van der Waals surface area contributed by atoms with Gasteiger partial charge in [-0.3, -0.25) is 4.79 Å². The Morgan fingerprint density at radius 2 is 1.78 bits per heavy atom. The molecule has 7 nitrogen and oxygen atoms in total. The predicted molar refractivity (Wildman–Crippen MR) is 146 cm³/mol. The summed E-state index contributed by atoms with van der Waals surface area (Å²) in [5, 5.41) is 12.3. The minimum Gasteiger partial charge on any atom is -0.493 e. The first-order chi connectivity index (χ1) is 17.7. The normalized spacial score (nSPS) is 10.9. The van der Waals surface area contributed by atoms with Crippen LogP contribution in [0.4, 0.5) is 5.69 Å². The van der Waals surface area contributed by atoms with Crippen molar-refractivity contribution in [2.75, 3.05) is 19.0 Å². The predicted octanol–water partition coefficient (Wildman–Crippen LogP) is 6.38. The van der Waals surface area contributed by atoms with Gasteiger partial charge in [0.25, 0.3) is 5.91 Å². The van der Waals surface area contributed by atoms with Gasteiger partial charge in [-0.25, -0.2) is 4.79 Å². The number of carbonyl (C=O) groups is 2. The second kappa shape index (κ2) is 12.7. The fourth-order valence-electron chi connectivity index (χ4n) is 3.43. The van der Waals surface area contributed by atoms with Crippen LogP contribution in [0.1, 0.15) is 39.5 Å². The van der Waals surface area contributed by atoms with Crippen LogP contribution in [-0.2, 0) is 16.1 Å². The van der Waals surface area contributed by atoms with E-state index >= 15 is 0 Å². The van der Waals surface area contributed by atoms with Gasteiger partial charge in [0.1, 0.15) is 18.2 Å². The molecule has 1 N–H and O–H groups in total. The molecule has 0 aromatic heterocycles. The number of carbonyl (C=O) groups excluding carboxylic acids is 2. The van der Waals surface area contributed by atoms with E-state index in [0.29, 0.717) is 39.4 Å². The highest BCUT2D eigenvalue weighted by atomic mass is 79.9. The molecule has 0 aliphatic heterocycles. The zero-order valence-electron chi connectivity index (χ0n) is 21.1. The van der Waals surface area contributed by atoms with Crippen molar-refractivity contribution < 1.29 is 23.8 Å². The standard InChI is InChI=1S/C29H27BrN2O5/c1-5-36-29(34)22-8-10-24(11-9-22)32-28(33)23(16-31)13-21-14-25(30)27(26(15-21)35-4)37-17-20-7-6-18(2)19(3)12-20/h6-15H,5,17H2,1-4H3,(H,32,33)/b23-13+. The maximum atomic E-state index is 12.7. The first kappa shape index (κ1) is 27.5. The molecule has 0 unspecified atom stereocenters. The number of amides is 1. The molecule has 0 radical (unpaired) electrons. The Labute approximate surface area is 224 Å². The molecule has 0 saturated heterocycles. The molecule has 1 amide bonds. The lowest BCUT2D eigenvalue weighted by Crippen LogP contribution is -2.13. The maximum absolute atomic E-state index is 12.7. The van der Waals surface area contributed by atoms with Gasteiger partial charge in [-0.15, -0.1) is 0 Å². The average Bonchev–Trinajstić information content (AvgIpc) is 2.88. The minimum atomic E-state index is -0.587. The number of methoxy groups -OCH3 is 1. The van der Waals surface area contributed by atoms with Crippen LogP contribution >= 0.6 is 15.9 Å². The number of esters is 1. The Morgan fingerprint density at radius 1 is 1.05 bits per heavy atom. The molecule has 0 bridgehead atoms. The fourth-order valence-corrected chi connectivity index (χ4v) is 4.00. The van der Waals surface area contributed by atoms with Gasteiger partial charge < -0.3 is 19.5 Å². The van der Waals surface area contributed by atoms with Crippen LogP contribution in [0.3, 0.4) is 0 Å². The lowest BCUT2D eigenvalue weighted by atomic mass is 10.1. The number of aryl methyl sites for hydroxylation is 2. The number of halogens is 1. The highest BCUT2D eigenvalue weighted by molar-refractivity contribution is 9.10. The molecule has 0 aliphatic rings. The summed E-state index contributed by atoms with van der Waals surface area (Å²) >= 11 is 3.52. The molecule has 3 aromatic carbocycles. The second-order valence-corrected chi connectivity index (χ2v) is 9.02. The van der Waals surface area contributed by atoms with Gasteiger partial charge in [-0.1, -0.05) is 18.2 Å². The SMILES string of the molecule is CCOC(=O)c1ccc(NC(=O)/C(C#N)=C/c2cc(Br)c(OCc3ccc(C)c(C)c3)c(OC)c2)cc1. The summed E-state index contributed by atoms with van der Waals surface area (Å²) in [4.78, 5) is 24.5. The molecule has 0 atom stereocenters. The molecule has 3 rings (SSSR count). The molecule has 0 aliphatic carbocycles. The third-order valence-corrected chi connectivity index (χ3v) is 6.13. The fraction of sp³-hybridized carbons (Fsp3) is 0.207. The Morgan fingerprint density at radius 3 is 2.41 bits per heavy atom. The van der Waals surface area contributed by atoms with Crippen molar-refractivity contribution in [1.29, 1.82) is 5.26 Å². The van der Waals surface area contributed by atoms with Crippen molar-refractivity contribution in [2.45, 2.75) is 27.4 Å². The van der Waals surface area contributed by atoms with Crippen LogP contribution in [0, 0.1) is 25.2 Å². The van der Waals surface area contributed by atoms with Crippen molar-refractivity contribution in [3.63, 3.8) is 0 Å². The molecule has 190 valence electrons. The Kier molecular flexibility index (Phi) is 9.47. The van der Waals surface area contributed by atoms with Crippen LogP contribution in [0.5, 0.6) is 11.5 Å². The largest absolute Gasteiger partial charge is 0.493 e. The van der Waals surface area contributed by atoms with E-state index in [1.165, 1.54) is 24.3 Å². The maximum Gasteiger partial charge on any atom is 0.338 e. The van der Waals surface area contributed by atoms with Crippen molar-refractivity contribution in [1.82, 2.24) is 0 Å². The number of anilines is 1. The van der Waals surface area contributed by atoms with E-state index in [-0.39, 0.29) is 12.2 Å². The van der Waals surface area contributed by atoms with Gasteiger partial charge in [-0.05, 0) is 101 Å². The molecule has 37 heavy (non-hydrogen) atoms. The molecular weight excluding hydrogens is 536 g/mol. The monoisotopic (exact) mass is 562 g/mol. The number of nitrogens with one attached hydrogen (secondary N) is 1. The number of hydrogen-bond acceptors (Lipinski definition) is 6. The van der Waals surface area contributed by atoms with Crippen molar-refractivity contribution in [3.8, 4) is 17.6 Å². The van der Waals surface area contributed by atoms with Crippen molar-refractivity contribution in [2.24, 2.45) is 0 Å². The first-order valence-electron chi connectivity index (χ1n) is 11.5. The van der Waals surface area contributed by atoms with Crippen LogP contribution in [0.25, 0.3) is 6.08 Å². The summed E-state index contributed by atoms with van der Waals surface area (Å²) in [6, 6.07) is 17.7. The van der Waals surface area contributed by atoms with E-state index < -0.39 is 11.9 Å².